The number of carbonyl (C=O) groups is 2. The second kappa shape index (κ2) is 9.00. The maximum atomic E-state index is 12.2. The summed E-state index contributed by atoms with van der Waals surface area (Å²) in [6, 6.07) is 23.6. The number of carbonyl (C=O) groups excluding carboxylic acids is 2. The molecule has 0 saturated heterocycles. The summed E-state index contributed by atoms with van der Waals surface area (Å²) in [5, 5.41) is 8.71. The van der Waals surface area contributed by atoms with E-state index in [4.69, 9.17) is 0 Å². The zero-order valence-electron chi connectivity index (χ0n) is 14.4. The number of nitrogens with one attached hydrogen (secondary N) is 3. The van der Waals surface area contributed by atoms with Crippen molar-refractivity contribution in [2.75, 3.05) is 22.5 Å². The second-order valence-corrected chi connectivity index (χ2v) is 6.64. The molecular weight excluding hydrogens is 406 g/mol. The molecule has 0 aliphatic rings. The van der Waals surface area contributed by atoms with Gasteiger partial charge in [0.05, 0.1) is 6.54 Å². The van der Waals surface area contributed by atoms with Gasteiger partial charge in [0.25, 0.3) is 5.91 Å². The molecule has 0 spiro atoms. The van der Waals surface area contributed by atoms with Crippen molar-refractivity contribution in [1.29, 1.82) is 0 Å². The molecule has 3 aromatic carbocycles. The minimum absolute atomic E-state index is 0.128. The van der Waals surface area contributed by atoms with E-state index < -0.39 is 0 Å². The van der Waals surface area contributed by atoms with Crippen LogP contribution in [0, 0.1) is 0 Å². The van der Waals surface area contributed by atoms with Crippen LogP contribution in [0.25, 0.3) is 0 Å². The van der Waals surface area contributed by atoms with Gasteiger partial charge in [-0.1, -0.05) is 36.4 Å². The first kappa shape index (κ1) is 18.7. The monoisotopic (exact) mass is 423 g/mol. The summed E-state index contributed by atoms with van der Waals surface area (Å²) >= 11 is 3.43. The molecular formula is C21H18BrN3O2. The molecule has 136 valence electrons. The van der Waals surface area contributed by atoms with Gasteiger partial charge in [-0.3, -0.25) is 9.59 Å². The second-order valence-electron chi connectivity index (χ2n) is 5.78. The van der Waals surface area contributed by atoms with Gasteiger partial charge in [0.1, 0.15) is 0 Å². The third-order valence-electron chi connectivity index (χ3n) is 3.75. The fraction of sp³-hybridized carbons (Fsp3) is 0.0476. The topological polar surface area (TPSA) is 70.2 Å². The molecule has 0 fully saturated rings. The average molecular weight is 424 g/mol. The fourth-order valence-corrected chi connectivity index (χ4v) is 2.88. The van der Waals surface area contributed by atoms with Crippen molar-refractivity contribution in [3.8, 4) is 0 Å². The van der Waals surface area contributed by atoms with Crippen LogP contribution < -0.4 is 16.0 Å². The van der Waals surface area contributed by atoms with E-state index in [-0.39, 0.29) is 18.4 Å². The van der Waals surface area contributed by atoms with Crippen LogP contribution in [0.3, 0.4) is 0 Å². The number of benzene rings is 3. The third kappa shape index (κ3) is 5.43. The molecule has 0 saturated carbocycles. The predicted octanol–water partition coefficient (Wildman–Crippen LogP) is 4.75. The Bertz CT molecular complexity index is 945. The van der Waals surface area contributed by atoms with Crippen molar-refractivity contribution < 1.29 is 9.59 Å². The highest BCUT2D eigenvalue weighted by atomic mass is 79.9. The van der Waals surface area contributed by atoms with E-state index in [2.05, 4.69) is 31.9 Å². The van der Waals surface area contributed by atoms with Gasteiger partial charge in [0.2, 0.25) is 5.91 Å². The number of amides is 2. The Morgan fingerprint density at radius 2 is 1.44 bits per heavy atom. The maximum Gasteiger partial charge on any atom is 0.255 e. The zero-order valence-corrected chi connectivity index (χ0v) is 16.0. The van der Waals surface area contributed by atoms with E-state index in [1.165, 1.54) is 0 Å². The van der Waals surface area contributed by atoms with Crippen molar-refractivity contribution >= 4 is 44.8 Å². The number of rotatable bonds is 6. The molecule has 3 aromatic rings. The van der Waals surface area contributed by atoms with E-state index in [1.807, 2.05) is 42.5 Å². The Hall–Kier alpha value is -3.12. The lowest BCUT2D eigenvalue weighted by molar-refractivity contribution is -0.114. The van der Waals surface area contributed by atoms with Crippen LogP contribution in [0.2, 0.25) is 0 Å². The van der Waals surface area contributed by atoms with E-state index in [0.717, 1.165) is 10.2 Å². The molecule has 0 aliphatic heterocycles. The van der Waals surface area contributed by atoms with Crippen LogP contribution in [0.5, 0.6) is 0 Å². The highest BCUT2D eigenvalue weighted by molar-refractivity contribution is 9.10. The summed E-state index contributed by atoms with van der Waals surface area (Å²) in [5.41, 5.74) is 2.64. The average Bonchev–Trinajstić information content (AvgIpc) is 2.68. The zero-order chi connectivity index (χ0) is 19.1. The summed E-state index contributed by atoms with van der Waals surface area (Å²) in [6.45, 7) is 0.128. The van der Waals surface area contributed by atoms with Crippen LogP contribution in [0.1, 0.15) is 10.4 Å². The van der Waals surface area contributed by atoms with Crippen molar-refractivity contribution in [3.05, 3.63) is 88.9 Å². The SMILES string of the molecule is O=C(CNc1ccccc1Br)Nc1cccc(NC(=O)c2ccccc2)c1. The highest BCUT2D eigenvalue weighted by Gasteiger charge is 2.07. The molecule has 0 bridgehead atoms. The van der Waals surface area contributed by atoms with Gasteiger partial charge >= 0.3 is 0 Å². The molecule has 0 radical (unpaired) electrons. The molecule has 0 aliphatic carbocycles. The Morgan fingerprint density at radius 3 is 2.19 bits per heavy atom. The number of anilines is 3. The van der Waals surface area contributed by atoms with Gasteiger partial charge in [-0.15, -0.1) is 0 Å². The van der Waals surface area contributed by atoms with E-state index in [1.54, 1.807) is 36.4 Å². The summed E-state index contributed by atoms with van der Waals surface area (Å²) < 4.78 is 0.892. The molecule has 0 heterocycles. The lowest BCUT2D eigenvalue weighted by Gasteiger charge is -2.11. The molecule has 3 rings (SSSR count). The Kier molecular flexibility index (Phi) is 6.22. The van der Waals surface area contributed by atoms with E-state index >= 15 is 0 Å². The standard InChI is InChI=1S/C21H18BrN3O2/c22-18-11-4-5-12-19(18)23-14-20(26)24-16-9-6-10-17(13-16)25-21(27)15-7-2-1-3-8-15/h1-13,23H,14H2,(H,24,26)(H,25,27). The van der Waals surface area contributed by atoms with Gasteiger partial charge < -0.3 is 16.0 Å². The molecule has 5 nitrogen and oxygen atoms in total. The molecule has 0 unspecified atom stereocenters. The van der Waals surface area contributed by atoms with Crippen molar-refractivity contribution in [2.24, 2.45) is 0 Å². The summed E-state index contributed by atoms with van der Waals surface area (Å²) in [6.07, 6.45) is 0. The van der Waals surface area contributed by atoms with Gasteiger partial charge in [-0.25, -0.2) is 0 Å². The minimum Gasteiger partial charge on any atom is -0.375 e. The smallest absolute Gasteiger partial charge is 0.255 e. The molecule has 0 aromatic heterocycles. The Balaban J connectivity index is 1.58. The Labute approximate surface area is 165 Å². The summed E-state index contributed by atoms with van der Waals surface area (Å²) in [5.74, 6) is -0.382. The van der Waals surface area contributed by atoms with Crippen molar-refractivity contribution in [2.45, 2.75) is 0 Å². The lowest BCUT2D eigenvalue weighted by atomic mass is 10.2. The first-order chi connectivity index (χ1) is 13.1. The molecule has 2 amide bonds. The summed E-state index contributed by atoms with van der Waals surface area (Å²) in [4.78, 5) is 24.4. The fourth-order valence-electron chi connectivity index (χ4n) is 2.45. The van der Waals surface area contributed by atoms with Crippen LogP contribution in [-0.4, -0.2) is 18.4 Å². The largest absolute Gasteiger partial charge is 0.375 e. The minimum atomic E-state index is -0.199. The molecule has 27 heavy (non-hydrogen) atoms. The Morgan fingerprint density at radius 1 is 0.778 bits per heavy atom. The van der Waals surface area contributed by atoms with Gasteiger partial charge in [-0.05, 0) is 58.4 Å². The summed E-state index contributed by atoms with van der Waals surface area (Å²) in [7, 11) is 0. The van der Waals surface area contributed by atoms with Crippen LogP contribution in [0.4, 0.5) is 17.1 Å². The number of hydrogen-bond acceptors (Lipinski definition) is 3. The maximum absolute atomic E-state index is 12.2. The normalized spacial score (nSPS) is 10.1. The van der Waals surface area contributed by atoms with Gasteiger partial charge in [0, 0.05) is 27.1 Å². The van der Waals surface area contributed by atoms with Crippen LogP contribution >= 0.6 is 15.9 Å². The predicted molar refractivity (Wildman–Crippen MR) is 112 cm³/mol. The molecule has 3 N–H and O–H groups in total. The van der Waals surface area contributed by atoms with Crippen LogP contribution in [-0.2, 0) is 4.79 Å². The molecule has 6 heteroatoms. The van der Waals surface area contributed by atoms with E-state index in [0.29, 0.717) is 16.9 Å². The first-order valence-electron chi connectivity index (χ1n) is 8.36. The number of halogens is 1. The number of para-hydroxylation sites is 1. The number of hydrogen-bond donors (Lipinski definition) is 3. The lowest BCUT2D eigenvalue weighted by Crippen LogP contribution is -2.22. The highest BCUT2D eigenvalue weighted by Crippen LogP contribution is 2.21. The van der Waals surface area contributed by atoms with Gasteiger partial charge in [0.15, 0.2) is 0 Å². The van der Waals surface area contributed by atoms with Crippen molar-refractivity contribution in [1.82, 2.24) is 0 Å². The molecule has 0 atom stereocenters. The van der Waals surface area contributed by atoms with Crippen LogP contribution in [0.15, 0.2) is 83.3 Å². The van der Waals surface area contributed by atoms with Crippen molar-refractivity contribution in [3.63, 3.8) is 0 Å². The van der Waals surface area contributed by atoms with Gasteiger partial charge in [-0.2, -0.15) is 0 Å². The third-order valence-corrected chi connectivity index (χ3v) is 4.44. The first-order valence-corrected chi connectivity index (χ1v) is 9.16. The van der Waals surface area contributed by atoms with E-state index in [9.17, 15) is 9.59 Å². The quantitative estimate of drug-likeness (QED) is 0.535.